The zero-order valence-electron chi connectivity index (χ0n) is 15.9. The molecule has 140 valence electrons. The summed E-state index contributed by atoms with van der Waals surface area (Å²) in [5, 5.41) is 0. The van der Waals surface area contributed by atoms with Crippen LogP contribution in [0.15, 0.2) is 23.1 Å². The number of rotatable bonds is 7. The Labute approximate surface area is 152 Å². The van der Waals surface area contributed by atoms with Crippen molar-refractivity contribution in [3.63, 3.8) is 0 Å². The number of sulfonamides is 1. The lowest BCUT2D eigenvalue weighted by Crippen LogP contribution is -2.37. The van der Waals surface area contributed by atoms with E-state index in [1.165, 1.54) is 0 Å². The van der Waals surface area contributed by atoms with E-state index in [1.54, 1.807) is 27.4 Å². The molecule has 0 bridgehead atoms. The lowest BCUT2D eigenvalue weighted by molar-refractivity contribution is -0.118. The summed E-state index contributed by atoms with van der Waals surface area (Å²) >= 11 is 0. The minimum Gasteiger partial charge on any atom is -0.312 e. The van der Waals surface area contributed by atoms with Crippen molar-refractivity contribution in [1.82, 2.24) is 4.31 Å². The fourth-order valence-corrected chi connectivity index (χ4v) is 5.04. The lowest BCUT2D eigenvalue weighted by atomic mass is 10.2. The third-order valence-electron chi connectivity index (χ3n) is 4.33. The molecule has 0 unspecified atom stereocenters. The molecule has 1 aromatic carbocycles. The number of anilines is 1. The Morgan fingerprint density at radius 3 is 2.28 bits per heavy atom. The summed E-state index contributed by atoms with van der Waals surface area (Å²) in [6, 6.07) is 5.18. The topological polar surface area (TPSA) is 57.7 Å². The number of fused-ring (bicyclic) bond motifs is 1. The van der Waals surface area contributed by atoms with Gasteiger partial charge in [0.05, 0.1) is 4.90 Å². The number of hydrogen-bond acceptors (Lipinski definition) is 3. The van der Waals surface area contributed by atoms with E-state index >= 15 is 0 Å². The van der Waals surface area contributed by atoms with Crippen LogP contribution in [0.2, 0.25) is 0 Å². The molecule has 25 heavy (non-hydrogen) atoms. The molecule has 0 N–H and O–H groups in total. The Balaban J connectivity index is 2.35. The summed E-state index contributed by atoms with van der Waals surface area (Å²) in [6.45, 7) is 11.6. The Kier molecular flexibility index (Phi) is 6.27. The van der Waals surface area contributed by atoms with Gasteiger partial charge in [0.15, 0.2) is 0 Å². The van der Waals surface area contributed by atoms with E-state index < -0.39 is 10.0 Å². The van der Waals surface area contributed by atoms with Crippen LogP contribution < -0.4 is 4.90 Å². The van der Waals surface area contributed by atoms with Gasteiger partial charge in [-0.25, -0.2) is 8.42 Å². The van der Waals surface area contributed by atoms with E-state index in [1.807, 2.05) is 34.6 Å². The van der Waals surface area contributed by atoms with Crippen LogP contribution >= 0.6 is 0 Å². The minimum absolute atomic E-state index is 0.0793. The van der Waals surface area contributed by atoms with Crippen molar-refractivity contribution in [1.29, 1.82) is 0 Å². The van der Waals surface area contributed by atoms with Gasteiger partial charge in [0.1, 0.15) is 0 Å². The summed E-state index contributed by atoms with van der Waals surface area (Å²) < 4.78 is 27.8. The van der Waals surface area contributed by atoms with E-state index in [2.05, 4.69) is 0 Å². The third-order valence-corrected chi connectivity index (χ3v) is 6.15. The molecule has 1 amide bonds. The highest BCUT2D eigenvalue weighted by molar-refractivity contribution is 7.89. The summed E-state index contributed by atoms with van der Waals surface area (Å²) in [5.74, 6) is 0.608. The first-order chi connectivity index (χ1) is 11.7. The van der Waals surface area contributed by atoms with Crippen molar-refractivity contribution < 1.29 is 13.2 Å². The largest absolute Gasteiger partial charge is 0.312 e. The maximum Gasteiger partial charge on any atom is 0.243 e. The van der Waals surface area contributed by atoms with Gasteiger partial charge in [0, 0.05) is 31.7 Å². The molecule has 0 saturated heterocycles. The normalized spacial score (nSPS) is 14.6. The highest BCUT2D eigenvalue weighted by atomic mass is 32.2. The molecule has 0 aliphatic carbocycles. The van der Waals surface area contributed by atoms with Crippen molar-refractivity contribution in [2.24, 2.45) is 11.8 Å². The van der Waals surface area contributed by atoms with E-state index in [0.717, 1.165) is 11.3 Å². The fourth-order valence-electron chi connectivity index (χ4n) is 3.22. The van der Waals surface area contributed by atoms with E-state index in [9.17, 15) is 13.2 Å². The van der Waals surface area contributed by atoms with Gasteiger partial charge in [-0.3, -0.25) is 4.79 Å². The summed E-state index contributed by atoms with van der Waals surface area (Å²) in [5.41, 5.74) is 1.79. The van der Waals surface area contributed by atoms with E-state index in [-0.39, 0.29) is 17.7 Å². The molecular weight excluding hydrogens is 336 g/mol. The molecule has 6 heteroatoms. The highest BCUT2D eigenvalue weighted by Gasteiger charge is 2.29. The molecule has 0 atom stereocenters. The number of amides is 1. The van der Waals surface area contributed by atoms with Gasteiger partial charge >= 0.3 is 0 Å². The third kappa shape index (κ3) is 4.42. The van der Waals surface area contributed by atoms with Crippen molar-refractivity contribution in [2.75, 3.05) is 24.5 Å². The summed E-state index contributed by atoms with van der Waals surface area (Å²) in [7, 11) is -3.53. The first-order valence-corrected chi connectivity index (χ1v) is 10.5. The molecule has 1 aliphatic rings. The number of benzene rings is 1. The van der Waals surface area contributed by atoms with Crippen LogP contribution in [0.4, 0.5) is 5.69 Å². The van der Waals surface area contributed by atoms with Crippen LogP contribution in [0.5, 0.6) is 0 Å². The molecule has 0 radical (unpaired) electrons. The molecule has 5 nitrogen and oxygen atoms in total. The maximum absolute atomic E-state index is 13.1. The fraction of sp³-hybridized carbons (Fsp3) is 0.632. The van der Waals surface area contributed by atoms with Gasteiger partial charge in [-0.15, -0.1) is 0 Å². The van der Waals surface area contributed by atoms with Crippen LogP contribution in [0.25, 0.3) is 0 Å². The van der Waals surface area contributed by atoms with Crippen molar-refractivity contribution >= 4 is 21.6 Å². The van der Waals surface area contributed by atoms with Gasteiger partial charge in [-0.2, -0.15) is 4.31 Å². The molecule has 0 saturated carbocycles. The molecule has 0 fully saturated rings. The lowest BCUT2D eigenvalue weighted by Gasteiger charge is -2.26. The Morgan fingerprint density at radius 1 is 1.16 bits per heavy atom. The number of hydrogen-bond donors (Lipinski definition) is 0. The molecule has 0 aromatic heterocycles. The first kappa shape index (κ1) is 19.9. The Morgan fingerprint density at radius 2 is 1.76 bits per heavy atom. The Bertz CT molecular complexity index is 716. The zero-order valence-corrected chi connectivity index (χ0v) is 16.8. The second kappa shape index (κ2) is 7.87. The van der Waals surface area contributed by atoms with Crippen molar-refractivity contribution in [3.05, 3.63) is 23.8 Å². The van der Waals surface area contributed by atoms with Gasteiger partial charge < -0.3 is 4.90 Å². The number of carbonyl (C=O) groups is 1. The van der Waals surface area contributed by atoms with Gasteiger partial charge in [0.25, 0.3) is 0 Å². The molecule has 1 heterocycles. The van der Waals surface area contributed by atoms with Crippen LogP contribution in [-0.4, -0.2) is 38.3 Å². The first-order valence-electron chi connectivity index (χ1n) is 9.10. The van der Waals surface area contributed by atoms with Gasteiger partial charge in [-0.05, 0) is 42.0 Å². The van der Waals surface area contributed by atoms with Crippen molar-refractivity contribution in [2.45, 2.75) is 52.4 Å². The molecular formula is C19H30N2O3S. The average Bonchev–Trinajstić information content (AvgIpc) is 2.95. The molecule has 1 aromatic rings. The molecule has 0 spiro atoms. The monoisotopic (exact) mass is 366 g/mol. The predicted molar refractivity (Wildman–Crippen MR) is 101 cm³/mol. The SMILES string of the molecule is CCC(=O)N1CCc2cc(S(=O)(=O)N(CC(C)C)CC(C)C)ccc21. The van der Waals surface area contributed by atoms with E-state index in [0.29, 0.717) is 37.4 Å². The zero-order chi connectivity index (χ0) is 18.8. The second-order valence-corrected chi connectivity index (χ2v) is 9.49. The summed E-state index contributed by atoms with van der Waals surface area (Å²) in [4.78, 5) is 14.1. The second-order valence-electron chi connectivity index (χ2n) is 7.55. The number of carbonyl (C=O) groups excluding carboxylic acids is 1. The average molecular weight is 367 g/mol. The van der Waals surface area contributed by atoms with E-state index in [4.69, 9.17) is 0 Å². The van der Waals surface area contributed by atoms with Crippen LogP contribution in [0, 0.1) is 11.8 Å². The quantitative estimate of drug-likeness (QED) is 0.744. The summed E-state index contributed by atoms with van der Waals surface area (Å²) in [6.07, 6.45) is 1.16. The van der Waals surface area contributed by atoms with Crippen molar-refractivity contribution in [3.8, 4) is 0 Å². The smallest absolute Gasteiger partial charge is 0.243 e. The van der Waals surface area contributed by atoms with Crippen LogP contribution in [0.1, 0.15) is 46.6 Å². The number of nitrogens with zero attached hydrogens (tertiary/aromatic N) is 2. The minimum atomic E-state index is -3.53. The van der Waals surface area contributed by atoms with Gasteiger partial charge in [-0.1, -0.05) is 34.6 Å². The maximum atomic E-state index is 13.1. The van der Waals surface area contributed by atoms with Crippen LogP contribution in [-0.2, 0) is 21.2 Å². The highest BCUT2D eigenvalue weighted by Crippen LogP contribution is 2.31. The molecule has 1 aliphatic heterocycles. The van der Waals surface area contributed by atoms with Gasteiger partial charge in [0.2, 0.25) is 15.9 Å². The predicted octanol–water partition coefficient (Wildman–Crippen LogP) is 3.29. The molecule has 2 rings (SSSR count). The Hall–Kier alpha value is -1.40. The standard InChI is InChI=1S/C19H30N2O3S/c1-6-19(22)21-10-9-16-11-17(7-8-18(16)21)25(23,24)20(12-14(2)3)13-15(4)5/h7-8,11,14-15H,6,9-10,12-13H2,1-5H3. The van der Waals surface area contributed by atoms with Crippen LogP contribution in [0.3, 0.4) is 0 Å².